The summed E-state index contributed by atoms with van der Waals surface area (Å²) in [5.74, 6) is 0.722. The van der Waals surface area contributed by atoms with Gasteiger partial charge in [0.05, 0.1) is 11.4 Å². The third kappa shape index (κ3) is 3.04. The number of fused-ring (bicyclic) bond motifs is 5. The molecule has 0 saturated carbocycles. The maximum absolute atomic E-state index is 13.4. The summed E-state index contributed by atoms with van der Waals surface area (Å²) < 4.78 is 17.9. The lowest BCUT2D eigenvalue weighted by Gasteiger charge is -2.53. The third-order valence-corrected chi connectivity index (χ3v) is 7.59. The highest BCUT2D eigenvalue weighted by Gasteiger charge is 2.43. The number of hydrogen-bond acceptors (Lipinski definition) is 3. The van der Waals surface area contributed by atoms with Gasteiger partial charge in [-0.15, -0.1) is 0 Å². The zero-order valence-corrected chi connectivity index (χ0v) is 18.5. The molecule has 5 nitrogen and oxygen atoms in total. The van der Waals surface area contributed by atoms with Crippen LogP contribution < -0.4 is 10.2 Å². The van der Waals surface area contributed by atoms with Crippen LogP contribution in [-0.2, 0) is 6.54 Å². The van der Waals surface area contributed by atoms with Crippen LogP contribution in [0.2, 0.25) is 0 Å². The average molecular weight is 440 g/mol. The quantitative estimate of drug-likeness (QED) is 0.433. The van der Waals surface area contributed by atoms with Crippen molar-refractivity contribution in [2.24, 2.45) is 5.41 Å². The predicted octanol–water partition coefficient (Wildman–Crippen LogP) is 4.70. The van der Waals surface area contributed by atoms with Gasteiger partial charge in [0.25, 0.3) is 0 Å². The van der Waals surface area contributed by atoms with Crippen molar-refractivity contribution in [3.05, 3.63) is 78.5 Å². The molecule has 1 N–H and O–H groups in total. The summed E-state index contributed by atoms with van der Waals surface area (Å²) in [4.78, 5) is 7.21. The Morgan fingerprint density at radius 2 is 1.88 bits per heavy atom. The van der Waals surface area contributed by atoms with Gasteiger partial charge in [-0.25, -0.2) is 9.37 Å². The Morgan fingerprint density at radius 3 is 2.70 bits per heavy atom. The number of imidazole rings is 1. The van der Waals surface area contributed by atoms with Crippen LogP contribution in [0, 0.1) is 11.2 Å². The number of hydrogen-bond donors (Lipinski definition) is 1. The molecule has 4 aromatic rings. The molecule has 0 unspecified atom stereocenters. The molecule has 7 rings (SSSR count). The number of anilines is 1. The molecule has 2 fully saturated rings. The molecule has 0 bridgehead atoms. The molecule has 0 radical (unpaired) electrons. The molecule has 33 heavy (non-hydrogen) atoms. The van der Waals surface area contributed by atoms with Gasteiger partial charge < -0.3 is 14.8 Å². The molecule has 2 saturated heterocycles. The molecule has 3 aliphatic rings. The highest BCUT2D eigenvalue weighted by atomic mass is 19.1. The van der Waals surface area contributed by atoms with Gasteiger partial charge in [0.15, 0.2) is 5.82 Å². The maximum atomic E-state index is 13.4. The van der Waals surface area contributed by atoms with Crippen molar-refractivity contribution in [1.82, 2.24) is 19.4 Å². The monoisotopic (exact) mass is 439 g/mol. The summed E-state index contributed by atoms with van der Waals surface area (Å²) in [7, 11) is 0. The molecule has 2 aromatic carbocycles. The highest BCUT2D eigenvalue weighted by Crippen LogP contribution is 2.41. The van der Waals surface area contributed by atoms with E-state index in [4.69, 9.17) is 0 Å². The van der Waals surface area contributed by atoms with E-state index < -0.39 is 0 Å². The van der Waals surface area contributed by atoms with E-state index in [0.29, 0.717) is 5.41 Å². The van der Waals surface area contributed by atoms with Crippen LogP contribution in [0.15, 0.2) is 67.1 Å². The largest absolute Gasteiger partial charge is 0.370 e. The molecule has 166 valence electrons. The van der Waals surface area contributed by atoms with Crippen molar-refractivity contribution >= 4 is 5.69 Å². The topological polar surface area (TPSA) is 38.0 Å². The Balaban J connectivity index is 1.25. The van der Waals surface area contributed by atoms with Crippen LogP contribution in [-0.4, -0.2) is 40.3 Å². The molecule has 3 aliphatic heterocycles. The van der Waals surface area contributed by atoms with Crippen molar-refractivity contribution in [3.63, 3.8) is 0 Å². The summed E-state index contributed by atoms with van der Waals surface area (Å²) >= 11 is 0. The SMILES string of the molecule is Fc1ccc(-c2cc3n(c2)Cc2cc(N4CC5(CCCNC5)C4)ccc2-n2ccnc2-3)cc1. The average Bonchev–Trinajstić information content (AvgIpc) is 3.43. The van der Waals surface area contributed by atoms with Gasteiger partial charge in [0.1, 0.15) is 5.82 Å². The van der Waals surface area contributed by atoms with Crippen LogP contribution in [0.1, 0.15) is 18.4 Å². The Hall–Kier alpha value is -3.38. The number of benzene rings is 2. The van der Waals surface area contributed by atoms with E-state index in [-0.39, 0.29) is 5.82 Å². The summed E-state index contributed by atoms with van der Waals surface area (Å²) in [5, 5.41) is 3.58. The van der Waals surface area contributed by atoms with Crippen LogP contribution in [0.3, 0.4) is 0 Å². The van der Waals surface area contributed by atoms with Gasteiger partial charge in [-0.05, 0) is 66.9 Å². The lowest BCUT2D eigenvalue weighted by molar-refractivity contribution is 0.157. The van der Waals surface area contributed by atoms with Crippen molar-refractivity contribution in [3.8, 4) is 28.3 Å². The zero-order valence-electron chi connectivity index (χ0n) is 18.5. The van der Waals surface area contributed by atoms with E-state index in [2.05, 4.69) is 54.8 Å². The smallest absolute Gasteiger partial charge is 0.161 e. The minimum absolute atomic E-state index is 0.215. The third-order valence-electron chi connectivity index (χ3n) is 7.59. The number of nitrogens with one attached hydrogen (secondary N) is 1. The molecule has 0 amide bonds. The fourth-order valence-corrected chi connectivity index (χ4v) is 5.88. The van der Waals surface area contributed by atoms with E-state index in [1.807, 2.05) is 24.5 Å². The van der Waals surface area contributed by atoms with Gasteiger partial charge in [-0.2, -0.15) is 0 Å². The first-order valence-electron chi connectivity index (χ1n) is 11.8. The number of nitrogens with zero attached hydrogens (tertiary/aromatic N) is 4. The first-order chi connectivity index (χ1) is 16.2. The summed E-state index contributed by atoms with van der Waals surface area (Å²) in [6, 6.07) is 15.7. The second-order valence-electron chi connectivity index (χ2n) is 9.82. The van der Waals surface area contributed by atoms with E-state index in [9.17, 15) is 4.39 Å². The Morgan fingerprint density at radius 1 is 1.00 bits per heavy atom. The second kappa shape index (κ2) is 7.06. The minimum Gasteiger partial charge on any atom is -0.370 e. The molecule has 0 atom stereocenters. The zero-order chi connectivity index (χ0) is 22.0. The molecule has 2 aromatic heterocycles. The lowest BCUT2D eigenvalue weighted by Crippen LogP contribution is -2.62. The number of halogens is 1. The van der Waals surface area contributed by atoms with Crippen molar-refractivity contribution < 1.29 is 4.39 Å². The second-order valence-corrected chi connectivity index (χ2v) is 9.82. The van der Waals surface area contributed by atoms with Crippen LogP contribution in [0.5, 0.6) is 0 Å². The molecule has 0 aliphatic carbocycles. The van der Waals surface area contributed by atoms with E-state index in [0.717, 1.165) is 55.4 Å². The lowest BCUT2D eigenvalue weighted by atomic mass is 9.74. The molecule has 5 heterocycles. The maximum Gasteiger partial charge on any atom is 0.161 e. The Bertz CT molecular complexity index is 1340. The number of piperidine rings is 1. The normalized spacial score (nSPS) is 18.3. The highest BCUT2D eigenvalue weighted by molar-refractivity contribution is 5.72. The Labute approximate surface area is 192 Å². The summed E-state index contributed by atoms with van der Waals surface area (Å²) in [5.41, 5.74) is 7.40. The number of rotatable bonds is 2. The molecule has 1 spiro atoms. The molecular formula is C27H26FN5. The minimum atomic E-state index is -0.215. The van der Waals surface area contributed by atoms with E-state index >= 15 is 0 Å². The van der Waals surface area contributed by atoms with Crippen LogP contribution in [0.4, 0.5) is 10.1 Å². The van der Waals surface area contributed by atoms with Gasteiger partial charge >= 0.3 is 0 Å². The molecule has 6 heteroatoms. The van der Waals surface area contributed by atoms with Gasteiger partial charge in [-0.1, -0.05) is 12.1 Å². The molecular weight excluding hydrogens is 413 g/mol. The van der Waals surface area contributed by atoms with Gasteiger partial charge in [-0.3, -0.25) is 4.57 Å². The van der Waals surface area contributed by atoms with Crippen molar-refractivity contribution in [1.29, 1.82) is 0 Å². The Kier molecular flexibility index (Phi) is 4.09. The van der Waals surface area contributed by atoms with Crippen LogP contribution in [0.25, 0.3) is 28.3 Å². The van der Waals surface area contributed by atoms with Crippen molar-refractivity contribution in [2.75, 3.05) is 31.1 Å². The van der Waals surface area contributed by atoms with Crippen LogP contribution >= 0.6 is 0 Å². The van der Waals surface area contributed by atoms with Crippen molar-refractivity contribution in [2.45, 2.75) is 19.4 Å². The van der Waals surface area contributed by atoms with Gasteiger partial charge in [0, 0.05) is 61.4 Å². The fraction of sp³-hybridized carbons (Fsp3) is 0.296. The summed E-state index contributed by atoms with van der Waals surface area (Å²) in [6.07, 6.45) is 8.69. The van der Waals surface area contributed by atoms with E-state index in [1.165, 1.54) is 41.9 Å². The first kappa shape index (κ1) is 19.1. The summed E-state index contributed by atoms with van der Waals surface area (Å²) in [6.45, 7) is 5.36. The van der Waals surface area contributed by atoms with Gasteiger partial charge in [0.2, 0.25) is 0 Å². The predicted molar refractivity (Wildman–Crippen MR) is 128 cm³/mol. The first-order valence-corrected chi connectivity index (χ1v) is 11.8. The standard InChI is InChI=1S/C27H26FN5/c28-22-4-2-19(3-5-22)20-13-25-26-30-10-11-33(26)24-7-6-23(12-21(24)15-31(25)14-20)32-17-27(18-32)8-1-9-29-16-27/h2-7,10-14,29H,1,8-9,15-18H2. The fourth-order valence-electron chi connectivity index (χ4n) is 5.88. The number of aromatic nitrogens is 3. The van der Waals surface area contributed by atoms with E-state index in [1.54, 1.807) is 0 Å².